The van der Waals surface area contributed by atoms with E-state index in [-0.39, 0.29) is 52.9 Å². The molecule has 0 radical (unpaired) electrons. The van der Waals surface area contributed by atoms with E-state index < -0.39 is 22.4 Å². The minimum Gasteiger partial charge on any atom is -0.390 e. The summed E-state index contributed by atoms with van der Waals surface area (Å²) in [5.41, 5.74) is -1.74. The second kappa shape index (κ2) is 8.21. The summed E-state index contributed by atoms with van der Waals surface area (Å²) in [5, 5.41) is 22.5. The van der Waals surface area contributed by atoms with E-state index in [2.05, 4.69) is 13.8 Å². The van der Waals surface area contributed by atoms with Crippen LogP contribution >= 0.6 is 0 Å². The molecule has 9 atom stereocenters. The Labute approximate surface area is 216 Å². The van der Waals surface area contributed by atoms with Crippen LogP contribution in [0.25, 0.3) is 0 Å². The van der Waals surface area contributed by atoms with Gasteiger partial charge in [0, 0.05) is 23.7 Å². The fourth-order valence-electron chi connectivity index (χ4n) is 9.06. The van der Waals surface area contributed by atoms with Crippen molar-refractivity contribution in [2.75, 3.05) is 0 Å². The van der Waals surface area contributed by atoms with Crippen molar-refractivity contribution in [3.05, 3.63) is 11.6 Å². The molecule has 5 rings (SSSR count). The average Bonchev–Trinajstić information content (AvgIpc) is 3.21. The number of hydrogen-bond donors (Lipinski definition) is 2. The van der Waals surface area contributed by atoms with Crippen LogP contribution in [0.2, 0.25) is 0 Å². The van der Waals surface area contributed by atoms with Gasteiger partial charge in [-0.1, -0.05) is 20.8 Å². The van der Waals surface area contributed by atoms with Crippen molar-refractivity contribution in [1.29, 1.82) is 0 Å². The zero-order chi connectivity index (χ0) is 26.5. The van der Waals surface area contributed by atoms with Crippen LogP contribution in [0.1, 0.15) is 99.8 Å². The van der Waals surface area contributed by atoms with Crippen molar-refractivity contribution in [3.63, 3.8) is 0 Å². The van der Waals surface area contributed by atoms with Crippen LogP contribution in [0.5, 0.6) is 0 Å². The topological polar surface area (TPSA) is 93.1 Å². The van der Waals surface area contributed by atoms with E-state index in [0.29, 0.717) is 25.7 Å². The van der Waals surface area contributed by atoms with Gasteiger partial charge in [-0.2, -0.15) is 0 Å². The Kier molecular flexibility index (Phi) is 6.05. The van der Waals surface area contributed by atoms with Crippen LogP contribution in [-0.2, 0) is 19.1 Å². The number of hydrogen-bond acceptors (Lipinski definition) is 6. The fraction of sp³-hybridized carbons (Fsp3) is 0.867. The number of rotatable bonds is 5. The summed E-state index contributed by atoms with van der Waals surface area (Å²) in [7, 11) is 0. The molecule has 1 aliphatic heterocycles. The largest absolute Gasteiger partial charge is 0.390 e. The molecule has 4 fully saturated rings. The van der Waals surface area contributed by atoms with E-state index in [4.69, 9.17) is 9.47 Å². The molecule has 6 heteroatoms. The first-order chi connectivity index (χ1) is 16.5. The Morgan fingerprint density at radius 2 is 1.78 bits per heavy atom. The summed E-state index contributed by atoms with van der Waals surface area (Å²) in [5.74, 6) is -0.464. The second-order valence-electron chi connectivity index (χ2n) is 14.3. The first kappa shape index (κ1) is 26.5. The highest BCUT2D eigenvalue weighted by atomic mass is 16.7. The third-order valence-electron chi connectivity index (χ3n) is 11.1. The van der Waals surface area contributed by atoms with Gasteiger partial charge in [0.25, 0.3) is 0 Å². The third kappa shape index (κ3) is 3.88. The summed E-state index contributed by atoms with van der Waals surface area (Å²) < 4.78 is 12.4. The molecule has 3 saturated carbocycles. The molecular formula is C30H46O6. The molecule has 4 aliphatic carbocycles. The Bertz CT molecular complexity index is 976. The SMILES string of the molecule is C[C@H](C(=O)CCC(C)(C)O)[C@H]1CC[C@@]2(O)C3=CC(=O)[C@@H]4C[C@H]5OC(C)(C)O[C@H]5C[C@]4(C)[C@H]3CC[C@]12C. The van der Waals surface area contributed by atoms with Gasteiger partial charge in [-0.25, -0.2) is 0 Å². The molecule has 36 heavy (non-hydrogen) atoms. The van der Waals surface area contributed by atoms with Crippen LogP contribution in [-0.4, -0.2) is 51.0 Å². The van der Waals surface area contributed by atoms with Gasteiger partial charge in [0.15, 0.2) is 11.6 Å². The van der Waals surface area contributed by atoms with Crippen molar-refractivity contribution < 1.29 is 29.3 Å². The first-order valence-corrected chi connectivity index (χ1v) is 14.1. The van der Waals surface area contributed by atoms with Gasteiger partial charge < -0.3 is 19.7 Å². The molecule has 5 aliphatic rings. The maximum atomic E-state index is 13.6. The maximum Gasteiger partial charge on any atom is 0.163 e. The van der Waals surface area contributed by atoms with Crippen molar-refractivity contribution >= 4 is 11.6 Å². The van der Waals surface area contributed by atoms with E-state index >= 15 is 0 Å². The molecular weight excluding hydrogens is 456 g/mol. The van der Waals surface area contributed by atoms with Crippen LogP contribution in [0.4, 0.5) is 0 Å². The van der Waals surface area contributed by atoms with Gasteiger partial charge in [0.1, 0.15) is 5.78 Å². The molecule has 0 aromatic carbocycles. The standard InChI is InChI=1S/C30H46O6/c1-17(22(31)10-11-26(2,3)33)18-9-13-30(34)20-14-23(32)21-15-24-25(36-27(4,5)35-24)16-28(21,6)19(20)8-12-29(18,30)7/h14,17-19,21,24-25,33-34H,8-13,15-16H2,1-7H3/t17-,18+,19-,21-,24+,25-,28+,29+,30+/m0/s1. The van der Waals surface area contributed by atoms with Gasteiger partial charge in [0.2, 0.25) is 0 Å². The van der Waals surface area contributed by atoms with Crippen molar-refractivity contribution in [2.45, 2.75) is 129 Å². The summed E-state index contributed by atoms with van der Waals surface area (Å²) in [4.78, 5) is 26.8. The minimum absolute atomic E-state index is 0.0268. The van der Waals surface area contributed by atoms with Crippen LogP contribution in [0.3, 0.4) is 0 Å². The van der Waals surface area contributed by atoms with Crippen molar-refractivity contribution in [1.82, 2.24) is 0 Å². The molecule has 1 saturated heterocycles. The van der Waals surface area contributed by atoms with Gasteiger partial charge in [-0.15, -0.1) is 0 Å². The number of ether oxygens (including phenoxy) is 2. The fourth-order valence-corrected chi connectivity index (χ4v) is 9.06. The predicted molar refractivity (Wildman–Crippen MR) is 136 cm³/mol. The van der Waals surface area contributed by atoms with Crippen LogP contribution in [0, 0.1) is 34.5 Å². The van der Waals surface area contributed by atoms with Gasteiger partial charge in [0.05, 0.1) is 23.4 Å². The van der Waals surface area contributed by atoms with Crippen LogP contribution < -0.4 is 0 Å². The number of carbonyl (C=O) groups excluding carboxylic acids is 2. The lowest BCUT2D eigenvalue weighted by molar-refractivity contribution is -0.148. The highest BCUT2D eigenvalue weighted by molar-refractivity contribution is 5.95. The molecule has 0 bridgehead atoms. The maximum absolute atomic E-state index is 13.6. The smallest absolute Gasteiger partial charge is 0.163 e. The second-order valence-corrected chi connectivity index (χ2v) is 14.3. The third-order valence-corrected chi connectivity index (χ3v) is 11.1. The normalized spacial score (nSPS) is 46.3. The molecule has 0 unspecified atom stereocenters. The Morgan fingerprint density at radius 1 is 1.11 bits per heavy atom. The summed E-state index contributed by atoms with van der Waals surface area (Å²) in [6.07, 6.45) is 7.05. The minimum atomic E-state index is -1.07. The molecule has 6 nitrogen and oxygen atoms in total. The van der Waals surface area contributed by atoms with E-state index in [1.807, 2.05) is 20.8 Å². The van der Waals surface area contributed by atoms with E-state index in [1.165, 1.54) is 0 Å². The number of Topliss-reactive ketones (excluding diaryl/α,β-unsaturated/α-hetero) is 1. The monoisotopic (exact) mass is 502 g/mol. The van der Waals surface area contributed by atoms with Gasteiger partial charge in [-0.3, -0.25) is 9.59 Å². The van der Waals surface area contributed by atoms with E-state index in [9.17, 15) is 19.8 Å². The predicted octanol–water partition coefficient (Wildman–Crippen LogP) is 4.75. The molecule has 0 aromatic rings. The quantitative estimate of drug-likeness (QED) is 0.564. The highest BCUT2D eigenvalue weighted by Gasteiger charge is 2.68. The number of carbonyl (C=O) groups is 2. The Balaban J connectivity index is 1.42. The van der Waals surface area contributed by atoms with Crippen LogP contribution in [0.15, 0.2) is 11.6 Å². The first-order valence-electron chi connectivity index (χ1n) is 14.1. The lowest BCUT2D eigenvalue weighted by atomic mass is 9.46. The number of ketones is 2. The number of allylic oxidation sites excluding steroid dienone is 1. The molecule has 1 heterocycles. The number of aliphatic hydroxyl groups is 2. The zero-order valence-electron chi connectivity index (χ0n) is 23.2. The molecule has 2 N–H and O–H groups in total. The lowest BCUT2D eigenvalue weighted by Crippen LogP contribution is -2.60. The highest BCUT2D eigenvalue weighted by Crippen LogP contribution is 2.68. The summed E-state index contributed by atoms with van der Waals surface area (Å²) >= 11 is 0. The van der Waals surface area contributed by atoms with Gasteiger partial charge >= 0.3 is 0 Å². The van der Waals surface area contributed by atoms with Gasteiger partial charge in [-0.05, 0) is 102 Å². The lowest BCUT2D eigenvalue weighted by Gasteiger charge is -2.60. The van der Waals surface area contributed by atoms with Crippen molar-refractivity contribution in [3.8, 4) is 0 Å². The van der Waals surface area contributed by atoms with Crippen molar-refractivity contribution in [2.24, 2.45) is 34.5 Å². The van der Waals surface area contributed by atoms with E-state index in [1.54, 1.807) is 19.9 Å². The molecule has 0 aromatic heterocycles. The zero-order valence-corrected chi connectivity index (χ0v) is 23.2. The Hall–Kier alpha value is -1.08. The molecule has 202 valence electrons. The number of fused-ring (bicyclic) bond motifs is 6. The summed E-state index contributed by atoms with van der Waals surface area (Å²) in [6, 6.07) is 0. The summed E-state index contributed by atoms with van der Waals surface area (Å²) in [6.45, 7) is 13.7. The van der Waals surface area contributed by atoms with E-state index in [0.717, 1.165) is 31.3 Å². The molecule has 0 amide bonds. The Morgan fingerprint density at radius 3 is 2.44 bits per heavy atom. The molecule has 0 spiro atoms. The average molecular weight is 503 g/mol.